The molecule has 2 unspecified atom stereocenters. The monoisotopic (exact) mass is 211 g/mol. The minimum atomic E-state index is 0.0819. The molecule has 0 radical (unpaired) electrons. The summed E-state index contributed by atoms with van der Waals surface area (Å²) in [6.45, 7) is 4.30. The number of imidazole rings is 1. The Kier molecular flexibility index (Phi) is 2.83. The summed E-state index contributed by atoms with van der Waals surface area (Å²) in [5.41, 5.74) is 7.05. The molecule has 2 heterocycles. The van der Waals surface area contributed by atoms with Crippen LogP contribution in [0.1, 0.15) is 38.0 Å². The normalized spacial score (nSPS) is 29.4. The first kappa shape index (κ1) is 10.1. The molecule has 0 aromatic carbocycles. The lowest BCUT2D eigenvalue weighted by molar-refractivity contribution is 0.505. The second-order valence-corrected chi connectivity index (χ2v) is 5.52. The smallest absolute Gasteiger partial charge is 0.0951 e. The SMILES string of the molecule is CC1CC(n2cncc2[C@H](C)N)CS1. The summed E-state index contributed by atoms with van der Waals surface area (Å²) in [5.74, 6) is 1.19. The molecule has 0 amide bonds. The summed E-state index contributed by atoms with van der Waals surface area (Å²) in [6, 6.07) is 0.678. The maximum atomic E-state index is 5.89. The molecule has 1 aromatic heterocycles. The van der Waals surface area contributed by atoms with Gasteiger partial charge in [-0.25, -0.2) is 4.98 Å². The van der Waals surface area contributed by atoms with Crippen LogP contribution in [0, 0.1) is 0 Å². The van der Waals surface area contributed by atoms with Crippen molar-refractivity contribution in [3.05, 3.63) is 18.2 Å². The van der Waals surface area contributed by atoms with Crippen molar-refractivity contribution >= 4 is 11.8 Å². The van der Waals surface area contributed by atoms with E-state index in [4.69, 9.17) is 5.73 Å². The number of hydrogen-bond acceptors (Lipinski definition) is 3. The summed E-state index contributed by atoms with van der Waals surface area (Å²) in [5, 5.41) is 0.767. The number of nitrogens with zero attached hydrogens (tertiary/aromatic N) is 2. The zero-order valence-corrected chi connectivity index (χ0v) is 9.50. The Morgan fingerprint density at radius 2 is 2.50 bits per heavy atom. The molecular formula is C10H17N3S. The van der Waals surface area contributed by atoms with E-state index in [0.29, 0.717) is 6.04 Å². The quantitative estimate of drug-likeness (QED) is 0.813. The molecule has 78 valence electrons. The van der Waals surface area contributed by atoms with Gasteiger partial charge in [-0.15, -0.1) is 0 Å². The average molecular weight is 211 g/mol. The Hall–Kier alpha value is -0.480. The lowest BCUT2D eigenvalue weighted by atomic mass is 10.1. The molecule has 2 N–H and O–H groups in total. The largest absolute Gasteiger partial charge is 0.329 e. The third kappa shape index (κ3) is 1.81. The second kappa shape index (κ2) is 3.95. The average Bonchev–Trinajstić information content (AvgIpc) is 2.70. The van der Waals surface area contributed by atoms with E-state index in [0.717, 1.165) is 10.9 Å². The first-order valence-corrected chi connectivity index (χ1v) is 6.12. The highest BCUT2D eigenvalue weighted by molar-refractivity contribution is 8.00. The molecule has 1 aromatic rings. The Bertz CT molecular complexity index is 308. The van der Waals surface area contributed by atoms with Crippen molar-refractivity contribution in [2.75, 3.05) is 5.75 Å². The minimum absolute atomic E-state index is 0.0819. The fraction of sp³-hybridized carbons (Fsp3) is 0.700. The van der Waals surface area contributed by atoms with Crippen molar-refractivity contribution in [2.24, 2.45) is 5.73 Å². The van der Waals surface area contributed by atoms with Crippen molar-refractivity contribution in [1.29, 1.82) is 0 Å². The van der Waals surface area contributed by atoms with Gasteiger partial charge in [-0.05, 0) is 13.3 Å². The van der Waals surface area contributed by atoms with Gasteiger partial charge in [0.1, 0.15) is 0 Å². The molecule has 1 aliphatic rings. The minimum Gasteiger partial charge on any atom is -0.329 e. The van der Waals surface area contributed by atoms with E-state index in [-0.39, 0.29) is 6.04 Å². The van der Waals surface area contributed by atoms with Gasteiger partial charge in [0.2, 0.25) is 0 Å². The van der Waals surface area contributed by atoms with Crippen LogP contribution in [0.2, 0.25) is 0 Å². The molecule has 3 atom stereocenters. The summed E-state index contributed by atoms with van der Waals surface area (Å²) in [6.07, 6.45) is 5.04. The van der Waals surface area contributed by atoms with Crippen molar-refractivity contribution in [3.63, 3.8) is 0 Å². The van der Waals surface area contributed by atoms with Crippen LogP contribution in [0.15, 0.2) is 12.5 Å². The number of hydrogen-bond donors (Lipinski definition) is 1. The highest BCUT2D eigenvalue weighted by Crippen LogP contribution is 2.35. The van der Waals surface area contributed by atoms with Gasteiger partial charge in [0, 0.05) is 29.3 Å². The van der Waals surface area contributed by atoms with Crippen molar-refractivity contribution in [1.82, 2.24) is 9.55 Å². The fourth-order valence-corrected chi connectivity index (χ4v) is 3.17. The molecule has 2 rings (SSSR count). The molecular weight excluding hydrogens is 194 g/mol. The predicted molar refractivity (Wildman–Crippen MR) is 60.4 cm³/mol. The van der Waals surface area contributed by atoms with E-state index >= 15 is 0 Å². The third-order valence-corrected chi connectivity index (χ3v) is 4.07. The van der Waals surface area contributed by atoms with E-state index in [2.05, 4.69) is 16.5 Å². The molecule has 0 bridgehead atoms. The van der Waals surface area contributed by atoms with Gasteiger partial charge in [0.15, 0.2) is 0 Å². The lowest BCUT2D eigenvalue weighted by Gasteiger charge is -2.16. The molecule has 1 fully saturated rings. The molecule has 0 aliphatic carbocycles. The predicted octanol–water partition coefficient (Wildman–Crippen LogP) is 1.97. The first-order valence-electron chi connectivity index (χ1n) is 5.07. The zero-order chi connectivity index (χ0) is 10.1. The summed E-state index contributed by atoms with van der Waals surface area (Å²) in [4.78, 5) is 4.19. The van der Waals surface area contributed by atoms with Crippen molar-refractivity contribution < 1.29 is 0 Å². The molecule has 4 heteroatoms. The molecule has 1 aliphatic heterocycles. The molecule has 0 saturated carbocycles. The zero-order valence-electron chi connectivity index (χ0n) is 8.68. The van der Waals surface area contributed by atoms with Gasteiger partial charge in [0.25, 0.3) is 0 Å². The second-order valence-electron chi connectivity index (χ2n) is 4.05. The van der Waals surface area contributed by atoms with E-state index < -0.39 is 0 Å². The maximum Gasteiger partial charge on any atom is 0.0951 e. The van der Waals surface area contributed by atoms with Gasteiger partial charge in [-0.3, -0.25) is 0 Å². The van der Waals surface area contributed by atoms with Crippen LogP contribution in [-0.4, -0.2) is 20.6 Å². The highest BCUT2D eigenvalue weighted by atomic mass is 32.2. The Balaban J connectivity index is 2.19. The van der Waals surface area contributed by atoms with Gasteiger partial charge in [-0.2, -0.15) is 11.8 Å². The summed E-state index contributed by atoms with van der Waals surface area (Å²) in [7, 11) is 0. The molecule has 3 nitrogen and oxygen atoms in total. The summed E-state index contributed by atoms with van der Waals surface area (Å²) < 4.78 is 2.25. The number of nitrogens with two attached hydrogens (primary N) is 1. The lowest BCUT2D eigenvalue weighted by Crippen LogP contribution is -2.16. The highest BCUT2D eigenvalue weighted by Gasteiger charge is 2.25. The van der Waals surface area contributed by atoms with Gasteiger partial charge in [-0.1, -0.05) is 6.92 Å². The Morgan fingerprint density at radius 3 is 3.07 bits per heavy atom. The van der Waals surface area contributed by atoms with Gasteiger partial charge >= 0.3 is 0 Å². The van der Waals surface area contributed by atoms with Crippen molar-refractivity contribution in [3.8, 4) is 0 Å². The number of thioether (sulfide) groups is 1. The third-order valence-electron chi connectivity index (χ3n) is 2.73. The fourth-order valence-electron chi connectivity index (χ4n) is 1.96. The van der Waals surface area contributed by atoms with Crippen LogP contribution in [0.5, 0.6) is 0 Å². The van der Waals surface area contributed by atoms with Crippen LogP contribution in [0.3, 0.4) is 0 Å². The first-order chi connectivity index (χ1) is 6.68. The molecule has 1 saturated heterocycles. The van der Waals surface area contributed by atoms with Gasteiger partial charge < -0.3 is 10.3 Å². The van der Waals surface area contributed by atoms with Crippen molar-refractivity contribution in [2.45, 2.75) is 37.6 Å². The van der Waals surface area contributed by atoms with Crippen LogP contribution in [0.25, 0.3) is 0 Å². The van der Waals surface area contributed by atoms with Crippen LogP contribution >= 0.6 is 11.8 Å². The topological polar surface area (TPSA) is 43.8 Å². The summed E-state index contributed by atoms with van der Waals surface area (Å²) >= 11 is 2.03. The standard InChI is InChI=1S/C10H17N3S/c1-7-3-9(5-14-7)13-6-12-4-10(13)8(2)11/h4,6-9H,3,5,11H2,1-2H3/t7?,8-,9?/m0/s1. The van der Waals surface area contributed by atoms with E-state index in [1.165, 1.54) is 12.2 Å². The number of rotatable bonds is 2. The van der Waals surface area contributed by atoms with E-state index in [9.17, 15) is 0 Å². The van der Waals surface area contributed by atoms with E-state index in [1.807, 2.05) is 31.2 Å². The molecule has 14 heavy (non-hydrogen) atoms. The molecule has 0 spiro atoms. The van der Waals surface area contributed by atoms with E-state index in [1.54, 1.807) is 0 Å². The van der Waals surface area contributed by atoms with Crippen LogP contribution in [0.4, 0.5) is 0 Å². The van der Waals surface area contributed by atoms with Crippen LogP contribution in [-0.2, 0) is 0 Å². The Morgan fingerprint density at radius 1 is 1.71 bits per heavy atom. The maximum absolute atomic E-state index is 5.89. The Labute approximate surface area is 89.1 Å². The van der Waals surface area contributed by atoms with Gasteiger partial charge in [0.05, 0.1) is 12.0 Å². The number of aromatic nitrogens is 2. The van der Waals surface area contributed by atoms with Crippen LogP contribution < -0.4 is 5.73 Å².